The summed E-state index contributed by atoms with van der Waals surface area (Å²) in [6, 6.07) is 1.92. The molecule has 8 nitrogen and oxygen atoms in total. The summed E-state index contributed by atoms with van der Waals surface area (Å²) in [5, 5.41) is 2.81. The van der Waals surface area contributed by atoms with Crippen LogP contribution >= 0.6 is 11.5 Å². The monoisotopic (exact) mass is 409 g/mol. The molecule has 5 heterocycles. The zero-order valence-electron chi connectivity index (χ0n) is 15.6. The lowest BCUT2D eigenvalue weighted by Gasteiger charge is -2.35. The zero-order valence-corrected chi connectivity index (χ0v) is 16.4. The van der Waals surface area contributed by atoms with Gasteiger partial charge < -0.3 is 15.0 Å². The number of nitrogens with zero attached hydrogens (tertiary/aromatic N) is 4. The SMILES string of the molecule is O=C(C=Cc1cnc2c(c1)C1(COC1)C(=O)N2)N1CCC(=Cc2ncsn2)CC1. The molecule has 2 amide bonds. The molecule has 0 aliphatic carbocycles. The molecule has 3 aliphatic heterocycles. The summed E-state index contributed by atoms with van der Waals surface area (Å²) >= 11 is 1.34. The molecule has 0 bridgehead atoms. The number of aromatic nitrogens is 3. The molecule has 0 atom stereocenters. The van der Waals surface area contributed by atoms with E-state index in [0.717, 1.165) is 29.8 Å². The van der Waals surface area contributed by atoms with E-state index in [1.165, 1.54) is 17.1 Å². The third-order valence-corrected chi connectivity index (χ3v) is 6.13. The van der Waals surface area contributed by atoms with Crippen LogP contribution in [0.2, 0.25) is 0 Å². The minimum Gasteiger partial charge on any atom is -0.378 e. The summed E-state index contributed by atoms with van der Waals surface area (Å²) in [6.45, 7) is 2.11. The van der Waals surface area contributed by atoms with Crippen LogP contribution in [0.3, 0.4) is 0 Å². The van der Waals surface area contributed by atoms with E-state index < -0.39 is 5.41 Å². The van der Waals surface area contributed by atoms with Gasteiger partial charge in [-0.3, -0.25) is 9.59 Å². The van der Waals surface area contributed by atoms with Gasteiger partial charge in [0, 0.05) is 30.9 Å². The van der Waals surface area contributed by atoms with E-state index in [1.54, 1.807) is 23.9 Å². The van der Waals surface area contributed by atoms with Crippen molar-refractivity contribution in [1.29, 1.82) is 0 Å². The fourth-order valence-electron chi connectivity index (χ4n) is 3.84. The Morgan fingerprint density at radius 2 is 2.10 bits per heavy atom. The molecular weight excluding hydrogens is 390 g/mol. The molecule has 1 N–H and O–H groups in total. The number of nitrogens with one attached hydrogen (secondary N) is 1. The molecule has 29 heavy (non-hydrogen) atoms. The van der Waals surface area contributed by atoms with Crippen LogP contribution in [0.1, 0.15) is 29.8 Å². The first-order valence-corrected chi connectivity index (χ1v) is 10.3. The van der Waals surface area contributed by atoms with E-state index in [4.69, 9.17) is 4.74 Å². The van der Waals surface area contributed by atoms with Gasteiger partial charge in [0.05, 0.1) is 13.2 Å². The number of carbonyl (C=O) groups is 2. The van der Waals surface area contributed by atoms with Crippen molar-refractivity contribution in [2.75, 3.05) is 31.6 Å². The fourth-order valence-corrected chi connectivity index (χ4v) is 4.25. The van der Waals surface area contributed by atoms with Crippen LogP contribution < -0.4 is 5.32 Å². The second kappa shape index (κ2) is 7.16. The van der Waals surface area contributed by atoms with Crippen LogP contribution in [0.15, 0.2) is 29.4 Å². The first-order valence-electron chi connectivity index (χ1n) is 9.47. The Labute approximate surface area is 171 Å². The third kappa shape index (κ3) is 3.26. The van der Waals surface area contributed by atoms with Crippen LogP contribution in [0.25, 0.3) is 12.2 Å². The van der Waals surface area contributed by atoms with Gasteiger partial charge in [0.25, 0.3) is 0 Å². The molecule has 0 unspecified atom stereocenters. The summed E-state index contributed by atoms with van der Waals surface area (Å²) in [5.74, 6) is 1.25. The van der Waals surface area contributed by atoms with Crippen molar-refractivity contribution in [3.63, 3.8) is 0 Å². The quantitative estimate of drug-likeness (QED) is 0.778. The molecule has 0 saturated carbocycles. The van der Waals surface area contributed by atoms with Crippen LogP contribution in [0.5, 0.6) is 0 Å². The van der Waals surface area contributed by atoms with Crippen molar-refractivity contribution < 1.29 is 14.3 Å². The largest absolute Gasteiger partial charge is 0.378 e. The van der Waals surface area contributed by atoms with E-state index in [1.807, 2.05) is 17.0 Å². The lowest BCUT2D eigenvalue weighted by atomic mass is 9.80. The lowest BCUT2D eigenvalue weighted by molar-refractivity contribution is -0.138. The Morgan fingerprint density at radius 3 is 2.79 bits per heavy atom. The van der Waals surface area contributed by atoms with Crippen molar-refractivity contribution in [3.8, 4) is 0 Å². The standard InChI is InChI=1S/C20H19N5O3S/c26-17(25-5-3-13(4-6-25)8-16-22-12-29-24-16)2-1-14-7-15-18(21-9-14)23-19(27)20(15)10-28-11-20/h1-2,7-9,12H,3-6,10-11H2,(H,21,23,27). The van der Waals surface area contributed by atoms with Gasteiger partial charge in [-0.25, -0.2) is 9.97 Å². The van der Waals surface area contributed by atoms with E-state index in [9.17, 15) is 9.59 Å². The number of pyridine rings is 1. The van der Waals surface area contributed by atoms with Crippen molar-refractivity contribution in [2.45, 2.75) is 18.3 Å². The summed E-state index contributed by atoms with van der Waals surface area (Å²) in [6.07, 6.45) is 8.68. The van der Waals surface area contributed by atoms with Gasteiger partial charge in [-0.1, -0.05) is 5.57 Å². The fraction of sp³-hybridized carbons (Fsp3) is 0.350. The highest BCUT2D eigenvalue weighted by Crippen LogP contribution is 2.42. The van der Waals surface area contributed by atoms with Crippen LogP contribution in [-0.4, -0.2) is 57.4 Å². The Bertz CT molecular complexity index is 1020. The highest BCUT2D eigenvalue weighted by Gasteiger charge is 2.53. The number of piperidine rings is 1. The number of rotatable bonds is 3. The number of likely N-dealkylation sites (tertiary alicyclic amines) is 1. The first kappa shape index (κ1) is 18.1. The van der Waals surface area contributed by atoms with Crippen molar-refractivity contribution >= 4 is 41.3 Å². The predicted octanol–water partition coefficient (Wildman–Crippen LogP) is 1.87. The molecule has 2 saturated heterocycles. The van der Waals surface area contributed by atoms with Crippen molar-refractivity contribution in [3.05, 3.63) is 46.4 Å². The van der Waals surface area contributed by atoms with Crippen LogP contribution in [0.4, 0.5) is 5.82 Å². The Morgan fingerprint density at radius 1 is 1.28 bits per heavy atom. The number of carbonyl (C=O) groups excluding carboxylic acids is 2. The molecule has 3 aliphatic rings. The molecule has 0 radical (unpaired) electrons. The summed E-state index contributed by atoms with van der Waals surface area (Å²) in [4.78, 5) is 35.2. The van der Waals surface area contributed by atoms with Crippen LogP contribution in [-0.2, 0) is 19.7 Å². The molecule has 2 aromatic heterocycles. The molecule has 9 heteroatoms. The second-order valence-corrected chi connectivity index (χ2v) is 8.05. The average molecular weight is 409 g/mol. The number of hydrogen-bond acceptors (Lipinski definition) is 7. The molecule has 2 fully saturated rings. The number of hydrogen-bond donors (Lipinski definition) is 1. The third-order valence-electron chi connectivity index (χ3n) is 5.64. The summed E-state index contributed by atoms with van der Waals surface area (Å²) in [7, 11) is 0. The maximum absolute atomic E-state index is 12.6. The van der Waals surface area contributed by atoms with Gasteiger partial charge in [0.2, 0.25) is 11.8 Å². The van der Waals surface area contributed by atoms with E-state index in [2.05, 4.69) is 19.7 Å². The average Bonchev–Trinajstić information content (AvgIpc) is 3.30. The normalized spacial score (nSPS) is 19.9. The van der Waals surface area contributed by atoms with E-state index in [-0.39, 0.29) is 11.8 Å². The number of fused-ring (bicyclic) bond motifs is 2. The molecule has 0 aromatic carbocycles. The lowest BCUT2D eigenvalue weighted by Crippen LogP contribution is -2.51. The van der Waals surface area contributed by atoms with Gasteiger partial charge in [0.15, 0.2) is 5.82 Å². The highest BCUT2D eigenvalue weighted by atomic mass is 32.1. The molecule has 5 rings (SSSR count). The molecule has 2 aromatic rings. The summed E-state index contributed by atoms with van der Waals surface area (Å²) < 4.78 is 9.47. The van der Waals surface area contributed by atoms with Gasteiger partial charge in [-0.05, 0) is 48.2 Å². The predicted molar refractivity (Wildman–Crippen MR) is 108 cm³/mol. The van der Waals surface area contributed by atoms with Crippen molar-refractivity contribution in [1.82, 2.24) is 19.2 Å². The first-order chi connectivity index (χ1) is 14.1. The number of anilines is 1. The smallest absolute Gasteiger partial charge is 0.246 e. The van der Waals surface area contributed by atoms with Gasteiger partial charge >= 0.3 is 0 Å². The summed E-state index contributed by atoms with van der Waals surface area (Å²) in [5.41, 5.74) is 4.02. The second-order valence-electron chi connectivity index (χ2n) is 7.44. The minimum atomic E-state index is -0.613. The van der Waals surface area contributed by atoms with Gasteiger partial charge in [-0.15, -0.1) is 0 Å². The van der Waals surface area contributed by atoms with E-state index in [0.29, 0.717) is 32.1 Å². The molecule has 1 spiro atoms. The Hall–Kier alpha value is -2.91. The topological polar surface area (TPSA) is 97.3 Å². The van der Waals surface area contributed by atoms with Gasteiger partial charge in [-0.2, -0.15) is 4.37 Å². The van der Waals surface area contributed by atoms with E-state index >= 15 is 0 Å². The maximum Gasteiger partial charge on any atom is 0.246 e. The Kier molecular flexibility index (Phi) is 4.48. The van der Waals surface area contributed by atoms with Crippen LogP contribution in [0, 0.1) is 0 Å². The van der Waals surface area contributed by atoms with Gasteiger partial charge in [0.1, 0.15) is 16.7 Å². The highest BCUT2D eigenvalue weighted by molar-refractivity contribution is 7.03. The molecular formula is C20H19N5O3S. The van der Waals surface area contributed by atoms with Crippen molar-refractivity contribution in [2.24, 2.45) is 0 Å². The minimum absolute atomic E-state index is 0.0211. The Balaban J connectivity index is 1.24. The zero-order chi connectivity index (χ0) is 19.8. The number of amides is 2. The maximum atomic E-state index is 12.6. The number of ether oxygens (including phenoxy) is 1. The molecule has 148 valence electrons.